The molecule has 0 aliphatic heterocycles. The molecule has 1 aliphatic carbocycles. The van der Waals surface area contributed by atoms with Gasteiger partial charge in [-0.3, -0.25) is 0 Å². The molecule has 0 radical (unpaired) electrons. The summed E-state index contributed by atoms with van der Waals surface area (Å²) in [6.45, 7) is 8.47. The van der Waals surface area contributed by atoms with Gasteiger partial charge >= 0.3 is 5.97 Å². The lowest BCUT2D eigenvalue weighted by Crippen LogP contribution is -2.02. The highest BCUT2D eigenvalue weighted by Gasteiger charge is 2.09. The third-order valence-electron chi connectivity index (χ3n) is 3.68. The van der Waals surface area contributed by atoms with E-state index in [2.05, 4.69) is 32.1 Å². The van der Waals surface area contributed by atoms with Crippen molar-refractivity contribution in [2.24, 2.45) is 5.92 Å². The van der Waals surface area contributed by atoms with Gasteiger partial charge in [-0.2, -0.15) is 0 Å². The molecule has 22 heavy (non-hydrogen) atoms. The fourth-order valence-corrected chi connectivity index (χ4v) is 2.35. The number of allylic oxidation sites excluding steroid dienone is 9. The molecule has 120 valence electrons. The summed E-state index contributed by atoms with van der Waals surface area (Å²) in [5, 5.41) is 0. The lowest BCUT2D eigenvalue weighted by Gasteiger charge is -2.17. The first kappa shape index (κ1) is 18.2. The predicted molar refractivity (Wildman–Crippen MR) is 93.5 cm³/mol. The second-order valence-corrected chi connectivity index (χ2v) is 5.78. The van der Waals surface area contributed by atoms with Gasteiger partial charge in [0.2, 0.25) is 0 Å². The lowest BCUT2D eigenvalue weighted by molar-refractivity contribution is -0.137. The normalized spacial score (nSPS) is 20.5. The minimum atomic E-state index is -0.288. The Bertz CT molecular complexity index is 516. The van der Waals surface area contributed by atoms with Crippen LogP contribution in [-0.2, 0) is 9.53 Å². The molecule has 0 spiro atoms. The van der Waals surface area contributed by atoms with Crippen LogP contribution in [0.2, 0.25) is 0 Å². The van der Waals surface area contributed by atoms with Gasteiger partial charge in [0.15, 0.2) is 0 Å². The number of hydrogen-bond donors (Lipinski definition) is 0. The van der Waals surface area contributed by atoms with E-state index < -0.39 is 0 Å². The topological polar surface area (TPSA) is 26.3 Å². The van der Waals surface area contributed by atoms with Crippen LogP contribution in [0.4, 0.5) is 0 Å². The molecule has 2 heteroatoms. The second-order valence-electron chi connectivity index (χ2n) is 5.78. The van der Waals surface area contributed by atoms with Crippen LogP contribution in [0.5, 0.6) is 0 Å². The van der Waals surface area contributed by atoms with E-state index in [9.17, 15) is 4.79 Å². The van der Waals surface area contributed by atoms with Crippen LogP contribution >= 0.6 is 0 Å². The Balaban J connectivity index is 2.56. The monoisotopic (exact) mass is 300 g/mol. The van der Waals surface area contributed by atoms with Crippen LogP contribution in [0.15, 0.2) is 59.3 Å². The summed E-state index contributed by atoms with van der Waals surface area (Å²) in [5.74, 6) is 0.381. The summed E-state index contributed by atoms with van der Waals surface area (Å²) in [4.78, 5) is 11.3. The highest BCUT2D eigenvalue weighted by Crippen LogP contribution is 2.25. The molecule has 0 fully saturated rings. The minimum absolute atomic E-state index is 0.288. The summed E-state index contributed by atoms with van der Waals surface area (Å²) in [5.41, 5.74) is 3.52. The average Bonchev–Trinajstić information content (AvgIpc) is 2.46. The molecule has 1 atom stereocenters. The van der Waals surface area contributed by atoms with Crippen LogP contribution in [-0.4, -0.2) is 12.6 Å². The van der Waals surface area contributed by atoms with Crippen molar-refractivity contribution in [2.45, 2.75) is 47.0 Å². The van der Waals surface area contributed by atoms with E-state index in [1.54, 1.807) is 6.92 Å². The van der Waals surface area contributed by atoms with E-state index in [1.807, 2.05) is 25.2 Å². The molecule has 0 N–H and O–H groups in total. The summed E-state index contributed by atoms with van der Waals surface area (Å²) in [6.07, 6.45) is 18.0. The van der Waals surface area contributed by atoms with Crippen molar-refractivity contribution in [1.82, 2.24) is 0 Å². The van der Waals surface area contributed by atoms with Crippen molar-refractivity contribution >= 4 is 5.97 Å². The summed E-state index contributed by atoms with van der Waals surface area (Å²) >= 11 is 0. The van der Waals surface area contributed by atoms with Crippen molar-refractivity contribution in [3.63, 3.8) is 0 Å². The van der Waals surface area contributed by atoms with Crippen LogP contribution in [0.25, 0.3) is 0 Å². The summed E-state index contributed by atoms with van der Waals surface area (Å²) in [6, 6.07) is 0. The maximum Gasteiger partial charge on any atom is 0.330 e. The molecular formula is C20H28O2. The first-order valence-corrected chi connectivity index (χ1v) is 8.11. The largest absolute Gasteiger partial charge is 0.463 e. The number of rotatable bonds is 6. The molecule has 1 rings (SSSR count). The maximum atomic E-state index is 11.3. The number of carbonyl (C=O) groups excluding carboxylic acids is 1. The van der Waals surface area contributed by atoms with E-state index in [0.717, 1.165) is 5.57 Å². The Morgan fingerprint density at radius 2 is 2.09 bits per heavy atom. The highest BCUT2D eigenvalue weighted by molar-refractivity contribution is 5.83. The van der Waals surface area contributed by atoms with E-state index in [4.69, 9.17) is 4.74 Å². The smallest absolute Gasteiger partial charge is 0.330 e. The third kappa shape index (κ3) is 7.26. The third-order valence-corrected chi connectivity index (χ3v) is 3.68. The highest BCUT2D eigenvalue weighted by atomic mass is 16.5. The quantitative estimate of drug-likeness (QED) is 0.378. The second kappa shape index (κ2) is 9.99. The number of carbonyl (C=O) groups is 1. The van der Waals surface area contributed by atoms with Gasteiger partial charge in [0.25, 0.3) is 0 Å². The molecule has 0 bridgehead atoms. The number of esters is 1. The van der Waals surface area contributed by atoms with Crippen LogP contribution in [0, 0.1) is 5.92 Å². The molecule has 2 nitrogen and oxygen atoms in total. The van der Waals surface area contributed by atoms with Crippen molar-refractivity contribution in [2.75, 3.05) is 6.61 Å². The first-order chi connectivity index (χ1) is 10.5. The average molecular weight is 300 g/mol. The van der Waals surface area contributed by atoms with Gasteiger partial charge < -0.3 is 4.74 Å². The van der Waals surface area contributed by atoms with E-state index in [1.165, 1.54) is 36.5 Å². The van der Waals surface area contributed by atoms with Crippen molar-refractivity contribution < 1.29 is 9.53 Å². The van der Waals surface area contributed by atoms with Gasteiger partial charge in [0.1, 0.15) is 0 Å². The number of hydrogen-bond acceptors (Lipinski definition) is 2. The number of ether oxygens (including phenoxy) is 1. The Labute approximate surface area is 134 Å². The van der Waals surface area contributed by atoms with Gasteiger partial charge in [-0.05, 0) is 57.1 Å². The maximum absolute atomic E-state index is 11.3. The Kier molecular flexibility index (Phi) is 8.27. The van der Waals surface area contributed by atoms with Gasteiger partial charge in [-0.1, -0.05) is 49.0 Å². The van der Waals surface area contributed by atoms with Crippen molar-refractivity contribution in [1.29, 1.82) is 0 Å². The van der Waals surface area contributed by atoms with Gasteiger partial charge in [-0.25, -0.2) is 4.79 Å². The molecule has 0 aromatic carbocycles. The zero-order valence-corrected chi connectivity index (χ0v) is 14.3. The van der Waals surface area contributed by atoms with Crippen molar-refractivity contribution in [3.05, 3.63) is 59.3 Å². The Hall–Kier alpha value is -1.83. The van der Waals surface area contributed by atoms with E-state index in [-0.39, 0.29) is 5.97 Å². The van der Waals surface area contributed by atoms with Crippen LogP contribution < -0.4 is 0 Å². The molecule has 1 aliphatic rings. The Morgan fingerprint density at radius 3 is 2.77 bits per heavy atom. The molecule has 1 unspecified atom stereocenters. The van der Waals surface area contributed by atoms with Gasteiger partial charge in [0, 0.05) is 6.08 Å². The molecule has 0 amide bonds. The Morgan fingerprint density at radius 1 is 1.32 bits per heavy atom. The molecule has 0 saturated heterocycles. The predicted octanol–water partition coefficient (Wildman–Crippen LogP) is 5.30. The van der Waals surface area contributed by atoms with Crippen molar-refractivity contribution in [3.8, 4) is 0 Å². The minimum Gasteiger partial charge on any atom is -0.463 e. The molecular weight excluding hydrogens is 272 g/mol. The SMILES string of the molecule is CCOC(=O)/C=C(C)/C=C/C=C(C)/C=C/C1=CCCCC1C. The molecule has 0 aromatic heterocycles. The zero-order valence-electron chi connectivity index (χ0n) is 14.3. The summed E-state index contributed by atoms with van der Waals surface area (Å²) < 4.78 is 4.87. The fraction of sp³-hybridized carbons (Fsp3) is 0.450. The van der Waals surface area contributed by atoms with Gasteiger partial charge in [0.05, 0.1) is 6.61 Å². The van der Waals surface area contributed by atoms with E-state index in [0.29, 0.717) is 12.5 Å². The summed E-state index contributed by atoms with van der Waals surface area (Å²) in [7, 11) is 0. The van der Waals surface area contributed by atoms with Gasteiger partial charge in [-0.15, -0.1) is 0 Å². The zero-order chi connectivity index (χ0) is 16.4. The lowest BCUT2D eigenvalue weighted by atomic mass is 9.89. The molecule has 0 heterocycles. The fourth-order valence-electron chi connectivity index (χ4n) is 2.35. The molecule has 0 aromatic rings. The molecule has 0 saturated carbocycles. The van der Waals surface area contributed by atoms with Crippen LogP contribution in [0.1, 0.15) is 47.0 Å². The first-order valence-electron chi connectivity index (χ1n) is 8.11. The van der Waals surface area contributed by atoms with Crippen LogP contribution in [0.3, 0.4) is 0 Å². The van der Waals surface area contributed by atoms with E-state index >= 15 is 0 Å². The standard InChI is InChI=1S/C20H28O2/c1-5-22-20(21)15-17(3)10-8-9-16(2)13-14-19-12-7-6-11-18(19)4/h8-10,12-15,18H,5-7,11H2,1-4H3/b10-8+,14-13+,16-9+,17-15+.